The molecule has 0 spiro atoms. The first-order chi connectivity index (χ1) is 31.6. The standard InChI is InChI=1S/C53H56O11/c1-3-30-55-37-44-46(57-31-4-2)48(58-33-40-22-12-6-13-23-40)51(61-36-43-28-18-9-19-29-43)53(63-44)64-47-45(38-56-32-39-20-10-5-11-21-39)62-52(54)50(60-35-42-26-16-8-17-27-42)49(47)59-34-41-24-14-7-15-25-41/h1-2,5-29,44-54H,30-38H2/t44-,45-,46-,47-,48+,49+,50-,51-,52-,53-/m1/s1. The molecule has 0 bridgehead atoms. The van der Waals surface area contributed by atoms with E-state index in [1.165, 1.54) is 0 Å². The van der Waals surface area contributed by atoms with E-state index in [1.54, 1.807) is 0 Å². The third-order valence-corrected chi connectivity index (χ3v) is 10.9. The van der Waals surface area contributed by atoms with E-state index in [2.05, 4.69) is 11.8 Å². The zero-order valence-electron chi connectivity index (χ0n) is 35.8. The molecule has 0 aromatic heterocycles. The zero-order chi connectivity index (χ0) is 44.2. The summed E-state index contributed by atoms with van der Waals surface area (Å²) >= 11 is 0. The Bertz CT molecular complexity index is 2130. The summed E-state index contributed by atoms with van der Waals surface area (Å²) in [6.07, 6.45) is 1.70. The van der Waals surface area contributed by atoms with Crippen molar-refractivity contribution in [1.29, 1.82) is 0 Å². The van der Waals surface area contributed by atoms with E-state index in [4.69, 9.17) is 60.2 Å². The Labute approximate surface area is 376 Å². The topological polar surface area (TPSA) is 113 Å². The van der Waals surface area contributed by atoms with Crippen LogP contribution in [0.2, 0.25) is 0 Å². The summed E-state index contributed by atoms with van der Waals surface area (Å²) in [7, 11) is 0. The fourth-order valence-electron chi connectivity index (χ4n) is 7.72. The average molecular weight is 869 g/mol. The molecular weight excluding hydrogens is 813 g/mol. The quantitative estimate of drug-likeness (QED) is 0.0539. The Morgan fingerprint density at radius 1 is 0.406 bits per heavy atom. The van der Waals surface area contributed by atoms with Crippen LogP contribution in [0.4, 0.5) is 0 Å². The third-order valence-electron chi connectivity index (χ3n) is 10.9. The number of aliphatic hydroxyl groups is 1. The first kappa shape index (κ1) is 46.8. The van der Waals surface area contributed by atoms with Gasteiger partial charge in [0, 0.05) is 0 Å². The van der Waals surface area contributed by atoms with Gasteiger partial charge in [-0.15, -0.1) is 12.8 Å². The molecular formula is C53H56O11. The fourth-order valence-corrected chi connectivity index (χ4v) is 7.72. The van der Waals surface area contributed by atoms with Crippen LogP contribution in [0.3, 0.4) is 0 Å². The zero-order valence-corrected chi connectivity index (χ0v) is 35.8. The molecule has 0 saturated carbocycles. The summed E-state index contributed by atoms with van der Waals surface area (Å²) < 4.78 is 66.0. The lowest BCUT2D eigenvalue weighted by molar-refractivity contribution is -0.373. The van der Waals surface area contributed by atoms with Crippen molar-refractivity contribution in [2.45, 2.75) is 94.4 Å². The maximum absolute atomic E-state index is 11.8. The van der Waals surface area contributed by atoms with Crippen LogP contribution in [0, 0.1) is 24.7 Å². The second kappa shape index (κ2) is 25.3. The molecule has 0 aliphatic carbocycles. The number of ether oxygens (including phenoxy) is 10. The molecule has 2 fully saturated rings. The number of hydrogen-bond donors (Lipinski definition) is 1. The van der Waals surface area contributed by atoms with Crippen molar-refractivity contribution in [1.82, 2.24) is 0 Å². The van der Waals surface area contributed by atoms with E-state index in [0.717, 1.165) is 27.8 Å². The SMILES string of the molecule is C#CCOC[C@H]1O[C@H](O[C@H]2[C@H](OCc3ccccc3)[C@@H](OCc3ccccc3)[C@H](O)O[C@@H]2COCc2ccccc2)[C@H](OCc2ccccc2)[C@@H](OCc2ccccc2)[C@@H]1OCC#C. The molecule has 7 rings (SSSR count). The molecule has 11 heteroatoms. The normalized spacial score (nSPS) is 25.5. The molecule has 64 heavy (non-hydrogen) atoms. The predicted octanol–water partition coefficient (Wildman–Crippen LogP) is 7.04. The van der Waals surface area contributed by atoms with E-state index in [9.17, 15) is 5.11 Å². The van der Waals surface area contributed by atoms with Crippen molar-refractivity contribution < 1.29 is 52.5 Å². The van der Waals surface area contributed by atoms with Gasteiger partial charge in [0.2, 0.25) is 0 Å². The van der Waals surface area contributed by atoms with Crippen LogP contribution in [-0.4, -0.2) is 92.9 Å². The van der Waals surface area contributed by atoms with Crippen LogP contribution in [0.5, 0.6) is 0 Å². The van der Waals surface area contributed by atoms with Crippen LogP contribution in [0.25, 0.3) is 0 Å². The highest BCUT2D eigenvalue weighted by molar-refractivity contribution is 5.17. The van der Waals surface area contributed by atoms with Crippen molar-refractivity contribution >= 4 is 0 Å². The molecule has 0 amide bonds. The smallest absolute Gasteiger partial charge is 0.187 e. The van der Waals surface area contributed by atoms with E-state index >= 15 is 0 Å². The molecule has 2 saturated heterocycles. The van der Waals surface area contributed by atoms with E-state index in [0.29, 0.717) is 0 Å². The fraction of sp³-hybridized carbons (Fsp3) is 0.358. The minimum atomic E-state index is -1.42. The maximum atomic E-state index is 11.8. The highest BCUT2D eigenvalue weighted by Crippen LogP contribution is 2.36. The second-order valence-corrected chi connectivity index (χ2v) is 15.5. The minimum Gasteiger partial charge on any atom is -0.374 e. The molecule has 0 unspecified atom stereocenters. The predicted molar refractivity (Wildman–Crippen MR) is 239 cm³/mol. The van der Waals surface area contributed by atoms with Crippen molar-refractivity contribution in [3.8, 4) is 24.7 Å². The lowest BCUT2D eigenvalue weighted by Crippen LogP contribution is -2.66. The van der Waals surface area contributed by atoms with Crippen LogP contribution in [-0.2, 0) is 80.4 Å². The van der Waals surface area contributed by atoms with Gasteiger partial charge in [-0.1, -0.05) is 164 Å². The Balaban J connectivity index is 1.27. The van der Waals surface area contributed by atoms with Gasteiger partial charge >= 0.3 is 0 Å². The van der Waals surface area contributed by atoms with Gasteiger partial charge in [0.1, 0.15) is 62.0 Å². The summed E-state index contributed by atoms with van der Waals surface area (Å²) in [5.41, 5.74) is 4.63. The van der Waals surface area contributed by atoms with E-state index in [-0.39, 0.29) is 59.5 Å². The molecule has 334 valence electrons. The Hall–Kier alpha value is -5.22. The molecule has 2 aliphatic heterocycles. The Morgan fingerprint density at radius 3 is 1.27 bits per heavy atom. The number of hydrogen-bond acceptors (Lipinski definition) is 11. The maximum Gasteiger partial charge on any atom is 0.187 e. The summed E-state index contributed by atoms with van der Waals surface area (Å²) in [4.78, 5) is 0. The third kappa shape index (κ3) is 13.6. The number of terminal acetylenes is 2. The van der Waals surface area contributed by atoms with Gasteiger partial charge in [0.25, 0.3) is 0 Å². The van der Waals surface area contributed by atoms with Gasteiger partial charge in [0.05, 0.1) is 46.2 Å². The molecule has 5 aromatic carbocycles. The lowest BCUT2D eigenvalue weighted by atomic mass is 9.95. The minimum absolute atomic E-state index is 0.0199. The number of benzene rings is 5. The van der Waals surface area contributed by atoms with Crippen molar-refractivity contribution in [3.63, 3.8) is 0 Å². The molecule has 5 aromatic rings. The lowest BCUT2D eigenvalue weighted by Gasteiger charge is -2.49. The van der Waals surface area contributed by atoms with Crippen LogP contribution in [0.1, 0.15) is 27.8 Å². The molecule has 11 nitrogen and oxygen atoms in total. The summed E-state index contributed by atoms with van der Waals surface area (Å²) in [6, 6.07) is 48.8. The van der Waals surface area contributed by atoms with Crippen LogP contribution < -0.4 is 0 Å². The second-order valence-electron chi connectivity index (χ2n) is 15.5. The molecule has 2 aliphatic rings. The van der Waals surface area contributed by atoms with E-state index < -0.39 is 61.4 Å². The summed E-state index contributed by atoms with van der Waals surface area (Å²) in [5, 5.41) is 11.8. The molecule has 10 atom stereocenters. The molecule has 1 N–H and O–H groups in total. The van der Waals surface area contributed by atoms with Gasteiger partial charge in [-0.2, -0.15) is 0 Å². The molecule has 2 heterocycles. The highest BCUT2D eigenvalue weighted by atomic mass is 16.8. The largest absolute Gasteiger partial charge is 0.374 e. The average Bonchev–Trinajstić information content (AvgIpc) is 3.34. The molecule has 0 radical (unpaired) electrons. The Kier molecular flexibility index (Phi) is 18.5. The van der Waals surface area contributed by atoms with Gasteiger partial charge in [-0.25, -0.2) is 0 Å². The first-order valence-corrected chi connectivity index (χ1v) is 21.5. The van der Waals surface area contributed by atoms with Gasteiger partial charge in [-0.05, 0) is 27.8 Å². The summed E-state index contributed by atoms with van der Waals surface area (Å²) in [5.74, 6) is 5.11. The number of aliphatic hydroxyl groups excluding tert-OH is 1. The Morgan fingerprint density at radius 2 is 0.797 bits per heavy atom. The van der Waals surface area contributed by atoms with Crippen LogP contribution in [0.15, 0.2) is 152 Å². The monoisotopic (exact) mass is 868 g/mol. The van der Waals surface area contributed by atoms with Gasteiger partial charge < -0.3 is 52.5 Å². The van der Waals surface area contributed by atoms with Crippen LogP contribution >= 0.6 is 0 Å². The van der Waals surface area contributed by atoms with Crippen molar-refractivity contribution in [2.75, 3.05) is 26.4 Å². The van der Waals surface area contributed by atoms with Crippen molar-refractivity contribution in [3.05, 3.63) is 179 Å². The van der Waals surface area contributed by atoms with Gasteiger partial charge in [0.15, 0.2) is 12.6 Å². The van der Waals surface area contributed by atoms with Crippen molar-refractivity contribution in [2.24, 2.45) is 0 Å². The first-order valence-electron chi connectivity index (χ1n) is 21.5. The highest BCUT2D eigenvalue weighted by Gasteiger charge is 2.54. The van der Waals surface area contributed by atoms with Gasteiger partial charge in [-0.3, -0.25) is 0 Å². The summed E-state index contributed by atoms with van der Waals surface area (Å²) in [6.45, 7) is 1.06. The van der Waals surface area contributed by atoms with E-state index in [1.807, 2.05) is 152 Å². The number of rotatable bonds is 23.